The van der Waals surface area contributed by atoms with E-state index in [1.54, 1.807) is 0 Å². The normalized spacial score (nSPS) is 25.4. The van der Waals surface area contributed by atoms with E-state index in [1.807, 2.05) is 0 Å². The number of halogens is 4. The molecule has 142 valence electrons. The van der Waals surface area contributed by atoms with Crippen molar-refractivity contribution in [3.63, 3.8) is 0 Å². The number of aliphatic carboxylic acids is 1. The lowest BCUT2D eigenvalue weighted by molar-refractivity contribution is -0.253. The summed E-state index contributed by atoms with van der Waals surface area (Å²) in [7, 11) is 0. The first kappa shape index (κ1) is 18.4. The highest BCUT2D eigenvalue weighted by Gasteiger charge is 2.57. The van der Waals surface area contributed by atoms with Gasteiger partial charge in [-0.1, -0.05) is 12.1 Å². The van der Waals surface area contributed by atoms with Crippen LogP contribution < -0.4 is 4.74 Å². The second-order valence-electron chi connectivity index (χ2n) is 6.32. The van der Waals surface area contributed by atoms with E-state index in [9.17, 15) is 32.3 Å². The fraction of sp³-hybridized carbons (Fsp3) is 0.500. The Balaban J connectivity index is 1.85. The summed E-state index contributed by atoms with van der Waals surface area (Å²) in [4.78, 5) is 25.5. The van der Waals surface area contributed by atoms with Gasteiger partial charge in [-0.2, -0.15) is 17.6 Å². The van der Waals surface area contributed by atoms with Gasteiger partial charge in [-0.3, -0.25) is 9.59 Å². The number of hydrogen-bond donors (Lipinski definition) is 1. The quantitative estimate of drug-likeness (QED) is 0.796. The third-order valence-corrected chi connectivity index (χ3v) is 4.70. The van der Waals surface area contributed by atoms with E-state index in [1.165, 1.54) is 17.0 Å². The molecule has 10 heteroatoms. The maximum absolute atomic E-state index is 13.2. The van der Waals surface area contributed by atoms with Crippen molar-refractivity contribution < 1.29 is 41.7 Å². The summed E-state index contributed by atoms with van der Waals surface area (Å²) in [5, 5.41) is 9.49. The first-order chi connectivity index (χ1) is 12.2. The highest BCUT2D eigenvalue weighted by atomic mass is 19.3. The van der Waals surface area contributed by atoms with Crippen LogP contribution >= 0.6 is 0 Å². The Morgan fingerprint density at radius 1 is 1.35 bits per heavy atom. The maximum atomic E-state index is 13.2. The minimum absolute atomic E-state index is 0.0572. The summed E-state index contributed by atoms with van der Waals surface area (Å²) >= 11 is 0. The highest BCUT2D eigenvalue weighted by Crippen LogP contribution is 2.42. The van der Waals surface area contributed by atoms with Crippen LogP contribution in [0.25, 0.3) is 0 Å². The molecule has 2 aliphatic rings. The lowest BCUT2D eigenvalue weighted by Crippen LogP contribution is -2.40. The van der Waals surface area contributed by atoms with Gasteiger partial charge in [0.2, 0.25) is 0 Å². The summed E-state index contributed by atoms with van der Waals surface area (Å²) in [6, 6.07) is 4.78. The second-order valence-corrected chi connectivity index (χ2v) is 6.32. The number of carbonyl (C=O) groups is 2. The Morgan fingerprint density at radius 3 is 2.65 bits per heavy atom. The fourth-order valence-corrected chi connectivity index (χ4v) is 3.29. The van der Waals surface area contributed by atoms with E-state index in [0.29, 0.717) is 0 Å². The molecule has 6 nitrogen and oxygen atoms in total. The first-order valence-corrected chi connectivity index (χ1v) is 7.72. The van der Waals surface area contributed by atoms with Gasteiger partial charge in [0, 0.05) is 19.0 Å². The van der Waals surface area contributed by atoms with E-state index in [-0.39, 0.29) is 31.9 Å². The zero-order valence-corrected chi connectivity index (χ0v) is 13.3. The Labute approximate surface area is 145 Å². The molecule has 3 rings (SSSR count). The number of nitrogens with zero attached hydrogens (tertiary/aromatic N) is 1. The summed E-state index contributed by atoms with van der Waals surface area (Å²) in [5.41, 5.74) is -1.59. The summed E-state index contributed by atoms with van der Waals surface area (Å²) in [5.74, 6) is -3.00. The minimum Gasteiger partial charge on any atom is -0.481 e. The average molecular weight is 377 g/mol. The van der Waals surface area contributed by atoms with Crippen LogP contribution in [0.2, 0.25) is 0 Å². The molecular formula is C16H15F4NO5. The van der Waals surface area contributed by atoms with E-state index in [4.69, 9.17) is 4.74 Å². The van der Waals surface area contributed by atoms with Crippen molar-refractivity contribution in [2.24, 2.45) is 11.3 Å². The van der Waals surface area contributed by atoms with Gasteiger partial charge in [0.1, 0.15) is 11.2 Å². The van der Waals surface area contributed by atoms with Gasteiger partial charge in [-0.25, -0.2) is 0 Å². The van der Waals surface area contributed by atoms with Gasteiger partial charge in [-0.05, 0) is 12.1 Å². The molecule has 2 aliphatic heterocycles. The van der Waals surface area contributed by atoms with Crippen molar-refractivity contribution >= 4 is 11.9 Å². The lowest BCUT2D eigenvalue weighted by Gasteiger charge is -2.23. The number of rotatable bonds is 5. The van der Waals surface area contributed by atoms with Crippen molar-refractivity contribution in [1.82, 2.24) is 4.90 Å². The van der Waals surface area contributed by atoms with Crippen LogP contribution in [-0.2, 0) is 9.53 Å². The van der Waals surface area contributed by atoms with Crippen molar-refractivity contribution in [2.75, 3.05) is 26.3 Å². The largest absolute Gasteiger partial charge is 0.481 e. The molecule has 1 aromatic carbocycles. The number of amides is 1. The van der Waals surface area contributed by atoms with Gasteiger partial charge in [0.15, 0.2) is 0 Å². The number of fused-ring (bicyclic) bond motifs is 1. The number of hydrogen-bond acceptors (Lipinski definition) is 4. The molecule has 1 amide bonds. The molecule has 2 heterocycles. The number of carboxylic acid groups (broad SMARTS) is 1. The van der Waals surface area contributed by atoms with Crippen LogP contribution in [0.5, 0.6) is 5.75 Å². The minimum atomic E-state index is -4.76. The Kier molecular flexibility index (Phi) is 4.55. The molecule has 1 N–H and O–H groups in total. The number of para-hydroxylation sites is 1. The predicted molar refractivity (Wildman–Crippen MR) is 78.3 cm³/mol. The van der Waals surface area contributed by atoms with Crippen molar-refractivity contribution in [1.29, 1.82) is 0 Å². The van der Waals surface area contributed by atoms with Gasteiger partial charge >= 0.3 is 18.5 Å². The van der Waals surface area contributed by atoms with Crippen LogP contribution in [0.15, 0.2) is 24.3 Å². The summed E-state index contributed by atoms with van der Waals surface area (Å²) in [6.07, 6.45) is -8.82. The molecule has 0 bridgehead atoms. The van der Waals surface area contributed by atoms with Crippen molar-refractivity contribution in [3.05, 3.63) is 29.8 Å². The molecule has 0 saturated carbocycles. The van der Waals surface area contributed by atoms with Crippen LogP contribution in [0.1, 0.15) is 10.4 Å². The van der Waals surface area contributed by atoms with E-state index in [0.717, 1.165) is 12.1 Å². The monoisotopic (exact) mass is 377 g/mol. The lowest BCUT2D eigenvalue weighted by atomic mass is 9.81. The topological polar surface area (TPSA) is 76.1 Å². The number of carbonyl (C=O) groups excluding carboxylic acids is 1. The van der Waals surface area contributed by atoms with Gasteiger partial charge in [0.05, 0.1) is 18.8 Å². The van der Waals surface area contributed by atoms with Crippen LogP contribution in [-0.4, -0.2) is 60.7 Å². The van der Waals surface area contributed by atoms with Gasteiger partial charge < -0.3 is 19.5 Å². The molecule has 26 heavy (non-hydrogen) atoms. The van der Waals surface area contributed by atoms with Crippen LogP contribution in [0, 0.1) is 11.3 Å². The number of likely N-dealkylation sites (tertiary alicyclic amines) is 1. The van der Waals surface area contributed by atoms with Crippen LogP contribution in [0.3, 0.4) is 0 Å². The molecular weight excluding hydrogens is 362 g/mol. The number of benzene rings is 1. The van der Waals surface area contributed by atoms with Crippen molar-refractivity contribution in [3.8, 4) is 5.75 Å². The van der Waals surface area contributed by atoms with Crippen molar-refractivity contribution in [2.45, 2.75) is 12.5 Å². The molecule has 0 aliphatic carbocycles. The molecule has 2 saturated heterocycles. The molecule has 0 aromatic heterocycles. The van der Waals surface area contributed by atoms with Crippen LogP contribution in [0.4, 0.5) is 17.6 Å². The van der Waals surface area contributed by atoms with E-state index in [2.05, 4.69) is 4.74 Å². The second kappa shape index (κ2) is 6.42. The smallest absolute Gasteiger partial charge is 0.461 e. The average Bonchev–Trinajstić information content (AvgIpc) is 3.12. The summed E-state index contributed by atoms with van der Waals surface area (Å²) < 4.78 is 60.5. The highest BCUT2D eigenvalue weighted by molar-refractivity contribution is 5.97. The number of carboxylic acids is 1. The van der Waals surface area contributed by atoms with Gasteiger partial charge in [0.25, 0.3) is 5.91 Å². The number of alkyl halides is 4. The van der Waals surface area contributed by atoms with E-state index >= 15 is 0 Å². The third kappa shape index (κ3) is 2.98. The molecule has 0 radical (unpaired) electrons. The zero-order valence-electron chi connectivity index (χ0n) is 13.3. The maximum Gasteiger partial charge on any atom is 0.461 e. The number of ether oxygens (including phenoxy) is 2. The Hall–Kier alpha value is -2.36. The first-order valence-electron chi connectivity index (χ1n) is 7.72. The predicted octanol–water partition coefficient (Wildman–Crippen LogP) is 2.10. The Bertz CT molecular complexity index is 728. The third-order valence-electron chi connectivity index (χ3n) is 4.70. The summed E-state index contributed by atoms with van der Waals surface area (Å²) in [6.45, 7) is 0.00613. The molecule has 0 spiro atoms. The Morgan fingerprint density at radius 2 is 2.04 bits per heavy atom. The fourth-order valence-electron chi connectivity index (χ4n) is 3.29. The van der Waals surface area contributed by atoms with Gasteiger partial charge in [-0.15, -0.1) is 0 Å². The SMILES string of the molecule is O=C(c1ccccc1OC(F)(F)C(F)F)N1C[C@@H]2COC[C@]2(C(=O)O)C1. The zero-order chi connectivity index (χ0) is 19.1. The molecule has 1 aromatic rings. The molecule has 2 atom stereocenters. The molecule has 2 fully saturated rings. The standard InChI is InChI=1S/C16H15F4NO5/c17-13(18)16(19,20)26-11-4-2-1-3-10(11)12(22)21-5-9-6-25-8-15(9,7-21)14(23)24/h1-4,9,13H,5-8H2,(H,23,24)/t9-,15-/m1/s1. The van der Waals surface area contributed by atoms with E-state index < -0.39 is 41.5 Å². The molecule has 0 unspecified atom stereocenters.